The van der Waals surface area contributed by atoms with Crippen LogP contribution in [0.4, 0.5) is 5.69 Å². The average molecular weight is 805 g/mol. The van der Waals surface area contributed by atoms with Gasteiger partial charge in [-0.3, -0.25) is 9.97 Å². The van der Waals surface area contributed by atoms with Crippen molar-refractivity contribution in [3.63, 3.8) is 0 Å². The normalized spacial score (nSPS) is 11.5. The molecule has 12 rings (SSSR count). The third-order valence-corrected chi connectivity index (χ3v) is 11.8. The van der Waals surface area contributed by atoms with Gasteiger partial charge in [0, 0.05) is 61.8 Å². The third kappa shape index (κ3) is 6.25. The molecule has 0 aliphatic heterocycles. The minimum atomic E-state index is 0.559. The van der Waals surface area contributed by atoms with Crippen molar-refractivity contribution >= 4 is 60.2 Å². The molecule has 0 unspecified atom stereocenters. The Morgan fingerprint density at radius 2 is 0.857 bits per heavy atom. The van der Waals surface area contributed by atoms with Crippen LogP contribution in [-0.2, 0) is 0 Å². The molecule has 7 nitrogen and oxygen atoms in total. The zero-order chi connectivity index (χ0) is 41.9. The smallest absolute Gasteiger partial charge is 0.187 e. The second-order valence-corrected chi connectivity index (χ2v) is 15.5. The summed E-state index contributed by atoms with van der Waals surface area (Å²) in [5, 5.41) is 6.42. The molecule has 4 heterocycles. The molecule has 0 spiro atoms. The molecule has 0 atom stereocenters. The summed E-state index contributed by atoms with van der Waals surface area (Å²) in [6.45, 7) is 7.31. The lowest BCUT2D eigenvalue weighted by molar-refractivity contribution is 0.669. The highest BCUT2D eigenvalue weighted by Crippen LogP contribution is 2.42. The summed E-state index contributed by atoms with van der Waals surface area (Å²) in [6, 6.07) is 61.8. The second-order valence-electron chi connectivity index (χ2n) is 15.5. The standard InChI is InChI=1S/C56H32N6O/c1-57-41-25-22-35(23-26-41)34-18-20-36(21-19-34)46-32-48-45-16-9-29-59-53(45)47(33-49(48)44-15-8-28-58-52(44)46)38-12-7-13-39(30-38)55-60-54(37-10-3-2-4-11-37)61-56(62-55)40-24-27-43-42-14-5-6-17-50(42)63-51(43)31-40/h2-33H. The van der Waals surface area contributed by atoms with Crippen LogP contribution in [0.3, 0.4) is 0 Å². The summed E-state index contributed by atoms with van der Waals surface area (Å²) in [6.07, 6.45) is 3.72. The summed E-state index contributed by atoms with van der Waals surface area (Å²) >= 11 is 0. The number of pyridine rings is 2. The van der Waals surface area contributed by atoms with Crippen LogP contribution in [0, 0.1) is 6.57 Å². The van der Waals surface area contributed by atoms with Gasteiger partial charge in [-0.25, -0.2) is 19.8 Å². The van der Waals surface area contributed by atoms with Crippen LogP contribution in [0.1, 0.15) is 0 Å². The Morgan fingerprint density at radius 1 is 0.349 bits per heavy atom. The molecule has 0 aliphatic carbocycles. The molecule has 0 N–H and O–H groups in total. The van der Waals surface area contributed by atoms with Crippen LogP contribution in [-0.4, -0.2) is 24.9 Å². The Kier molecular flexibility index (Phi) is 8.41. The molecule has 0 radical (unpaired) electrons. The molecule has 0 saturated heterocycles. The maximum Gasteiger partial charge on any atom is 0.187 e. The lowest BCUT2D eigenvalue weighted by Crippen LogP contribution is -2.00. The summed E-state index contributed by atoms with van der Waals surface area (Å²) in [5.41, 5.74) is 12.9. The average Bonchev–Trinajstić information content (AvgIpc) is 3.74. The molecule has 292 valence electrons. The van der Waals surface area contributed by atoms with Crippen molar-refractivity contribution in [1.82, 2.24) is 24.9 Å². The fourth-order valence-electron chi connectivity index (χ4n) is 8.75. The monoisotopic (exact) mass is 804 g/mol. The highest BCUT2D eigenvalue weighted by molar-refractivity contribution is 6.22. The van der Waals surface area contributed by atoms with Crippen molar-refractivity contribution in [3.8, 4) is 67.5 Å². The molecule has 0 saturated carbocycles. The minimum Gasteiger partial charge on any atom is -0.456 e. The van der Waals surface area contributed by atoms with Crippen LogP contribution < -0.4 is 0 Å². The van der Waals surface area contributed by atoms with E-state index in [9.17, 15) is 0 Å². The number of nitrogens with zero attached hydrogens (tertiary/aromatic N) is 6. The fourth-order valence-corrected chi connectivity index (χ4v) is 8.75. The van der Waals surface area contributed by atoms with E-state index in [4.69, 9.17) is 35.9 Å². The lowest BCUT2D eigenvalue weighted by atomic mass is 9.90. The van der Waals surface area contributed by atoms with E-state index in [0.29, 0.717) is 23.2 Å². The van der Waals surface area contributed by atoms with Crippen molar-refractivity contribution in [1.29, 1.82) is 0 Å². The number of furan rings is 1. The largest absolute Gasteiger partial charge is 0.456 e. The van der Waals surface area contributed by atoms with Crippen LogP contribution in [0.15, 0.2) is 199 Å². The Balaban J connectivity index is 0.993. The van der Waals surface area contributed by atoms with Crippen molar-refractivity contribution in [2.45, 2.75) is 0 Å². The Morgan fingerprint density at radius 3 is 1.54 bits per heavy atom. The molecule has 0 bridgehead atoms. The third-order valence-electron chi connectivity index (χ3n) is 11.8. The zero-order valence-corrected chi connectivity index (χ0v) is 33.6. The number of aromatic nitrogens is 5. The summed E-state index contributed by atoms with van der Waals surface area (Å²) in [4.78, 5) is 28.7. The summed E-state index contributed by atoms with van der Waals surface area (Å²) < 4.78 is 6.27. The van der Waals surface area contributed by atoms with Gasteiger partial charge in [-0.05, 0) is 81.6 Å². The SMILES string of the molecule is [C-]#[N+]c1ccc(-c2ccc(-c3cc4c5cccnc5c(-c5cccc(-c6nc(-c7ccccc7)nc(-c7ccc8c(c7)oc7ccccc78)n6)c5)cc4c4cccnc34)cc2)cc1. The van der Waals surface area contributed by atoms with E-state index in [1.807, 2.05) is 103 Å². The molecular formula is C56H32N6O. The second kappa shape index (κ2) is 14.7. The molecule has 0 aliphatic rings. The van der Waals surface area contributed by atoms with Crippen LogP contribution in [0.2, 0.25) is 0 Å². The first-order chi connectivity index (χ1) is 31.1. The van der Waals surface area contributed by atoms with Crippen molar-refractivity contribution < 1.29 is 4.42 Å². The van der Waals surface area contributed by atoms with E-state index in [0.717, 1.165) is 105 Å². The predicted octanol–water partition coefficient (Wildman–Crippen LogP) is 14.6. The first kappa shape index (κ1) is 36.0. The lowest BCUT2D eigenvalue weighted by Gasteiger charge is -2.15. The quantitative estimate of drug-likeness (QED) is 0.123. The highest BCUT2D eigenvalue weighted by Gasteiger charge is 2.19. The number of para-hydroxylation sites is 1. The maximum atomic E-state index is 7.31. The molecule has 0 fully saturated rings. The van der Waals surface area contributed by atoms with E-state index in [2.05, 4.69) is 95.8 Å². The van der Waals surface area contributed by atoms with Gasteiger partial charge in [0.1, 0.15) is 11.2 Å². The van der Waals surface area contributed by atoms with Gasteiger partial charge >= 0.3 is 0 Å². The summed E-state index contributed by atoms with van der Waals surface area (Å²) in [5.74, 6) is 1.71. The first-order valence-electron chi connectivity index (χ1n) is 20.7. The number of rotatable bonds is 6. The van der Waals surface area contributed by atoms with Crippen molar-refractivity contribution in [3.05, 3.63) is 206 Å². The van der Waals surface area contributed by atoms with Gasteiger partial charge < -0.3 is 4.42 Å². The summed E-state index contributed by atoms with van der Waals surface area (Å²) in [7, 11) is 0. The number of hydrogen-bond donors (Lipinski definition) is 0. The van der Waals surface area contributed by atoms with E-state index < -0.39 is 0 Å². The first-order valence-corrected chi connectivity index (χ1v) is 20.7. The molecule has 4 aromatic heterocycles. The van der Waals surface area contributed by atoms with Crippen LogP contribution >= 0.6 is 0 Å². The molecule has 12 aromatic rings. The van der Waals surface area contributed by atoms with E-state index in [1.54, 1.807) is 0 Å². The van der Waals surface area contributed by atoms with E-state index in [1.165, 1.54) is 0 Å². The molecule has 0 amide bonds. The van der Waals surface area contributed by atoms with Gasteiger partial charge in [0.25, 0.3) is 0 Å². The Labute approximate surface area is 361 Å². The molecule has 8 aromatic carbocycles. The van der Waals surface area contributed by atoms with Crippen molar-refractivity contribution in [2.75, 3.05) is 0 Å². The van der Waals surface area contributed by atoms with Gasteiger partial charge in [0.15, 0.2) is 23.2 Å². The highest BCUT2D eigenvalue weighted by atomic mass is 16.3. The van der Waals surface area contributed by atoms with Gasteiger partial charge in [-0.1, -0.05) is 133 Å². The van der Waals surface area contributed by atoms with Crippen LogP contribution in [0.25, 0.3) is 127 Å². The van der Waals surface area contributed by atoms with Crippen molar-refractivity contribution in [2.24, 2.45) is 0 Å². The molecular weight excluding hydrogens is 773 g/mol. The number of benzene rings is 8. The Bertz CT molecular complexity index is 3800. The topological polar surface area (TPSA) is 82.0 Å². The van der Waals surface area contributed by atoms with Crippen LogP contribution in [0.5, 0.6) is 0 Å². The fraction of sp³-hybridized carbons (Fsp3) is 0. The number of fused-ring (bicyclic) bond motifs is 8. The minimum absolute atomic E-state index is 0.559. The van der Waals surface area contributed by atoms with Gasteiger partial charge in [0.2, 0.25) is 0 Å². The van der Waals surface area contributed by atoms with Gasteiger partial charge in [-0.15, -0.1) is 0 Å². The Hall–Kier alpha value is -8.86. The van der Waals surface area contributed by atoms with E-state index in [-0.39, 0.29) is 0 Å². The van der Waals surface area contributed by atoms with Gasteiger partial charge in [-0.2, -0.15) is 0 Å². The van der Waals surface area contributed by atoms with Gasteiger partial charge in [0.05, 0.1) is 17.6 Å². The van der Waals surface area contributed by atoms with E-state index >= 15 is 0 Å². The maximum absolute atomic E-state index is 7.31. The predicted molar refractivity (Wildman–Crippen MR) is 254 cm³/mol. The zero-order valence-electron chi connectivity index (χ0n) is 33.6. The molecule has 7 heteroatoms. The molecule has 63 heavy (non-hydrogen) atoms. The number of hydrogen-bond acceptors (Lipinski definition) is 6.